The van der Waals surface area contributed by atoms with E-state index in [1.165, 1.54) is 0 Å². The molecule has 0 bridgehead atoms. The van der Waals surface area contributed by atoms with E-state index in [4.69, 9.17) is 11.6 Å². The van der Waals surface area contributed by atoms with Crippen molar-refractivity contribution >= 4 is 23.4 Å². The van der Waals surface area contributed by atoms with E-state index in [0.29, 0.717) is 5.15 Å². The number of halogens is 1. The average molecular weight is 237 g/mol. The molecule has 2 aromatic heterocycles. The first kappa shape index (κ1) is 10.5. The lowest BCUT2D eigenvalue weighted by Crippen LogP contribution is -1.84. The van der Waals surface area contributed by atoms with Crippen LogP contribution in [0.5, 0.6) is 0 Å². The quantitative estimate of drug-likeness (QED) is 0.746. The Labute approximate surface area is 97.7 Å². The molecule has 2 heterocycles. The first-order valence-corrected chi connectivity index (χ1v) is 5.66. The summed E-state index contributed by atoms with van der Waals surface area (Å²) in [5.41, 5.74) is 1.16. The van der Waals surface area contributed by atoms with Crippen molar-refractivity contribution in [2.24, 2.45) is 0 Å². The van der Waals surface area contributed by atoms with Crippen LogP contribution in [0.4, 0.5) is 0 Å². The summed E-state index contributed by atoms with van der Waals surface area (Å²) in [6.07, 6.45) is 3.49. The summed E-state index contributed by atoms with van der Waals surface area (Å²) in [4.78, 5) is 9.29. The van der Waals surface area contributed by atoms with Crippen LogP contribution in [0.15, 0.2) is 46.6 Å². The van der Waals surface area contributed by atoms with Gasteiger partial charge >= 0.3 is 0 Å². The van der Waals surface area contributed by atoms with Crippen molar-refractivity contribution in [3.63, 3.8) is 0 Å². The van der Waals surface area contributed by atoms with Crippen LogP contribution in [0, 0.1) is 6.92 Å². The second-order valence-electron chi connectivity index (χ2n) is 3.04. The maximum atomic E-state index is 5.81. The number of pyridine rings is 2. The molecule has 2 aromatic rings. The van der Waals surface area contributed by atoms with Gasteiger partial charge in [-0.05, 0) is 30.7 Å². The Bertz CT molecular complexity index is 474. The van der Waals surface area contributed by atoms with Crippen LogP contribution in [0.3, 0.4) is 0 Å². The summed E-state index contributed by atoms with van der Waals surface area (Å²) < 4.78 is 0. The molecule has 0 atom stereocenters. The Kier molecular flexibility index (Phi) is 3.23. The number of aromatic nitrogens is 2. The predicted molar refractivity (Wildman–Crippen MR) is 62.3 cm³/mol. The zero-order chi connectivity index (χ0) is 10.7. The summed E-state index contributed by atoms with van der Waals surface area (Å²) in [6.45, 7) is 2.04. The fraction of sp³-hybridized carbons (Fsp3) is 0.0909. The predicted octanol–water partition coefficient (Wildman–Crippen LogP) is 3.59. The molecule has 0 saturated carbocycles. The van der Waals surface area contributed by atoms with Gasteiger partial charge in [0.25, 0.3) is 0 Å². The number of hydrogen-bond donors (Lipinski definition) is 0. The monoisotopic (exact) mass is 236 g/mol. The summed E-state index contributed by atoms with van der Waals surface area (Å²) in [5, 5.41) is 1.51. The SMILES string of the molecule is Cc1cccnc1Sc1ccnc(Cl)c1. The molecular formula is C11H9ClN2S. The minimum absolute atomic E-state index is 0.508. The van der Waals surface area contributed by atoms with E-state index in [0.717, 1.165) is 15.5 Å². The second kappa shape index (κ2) is 4.64. The highest BCUT2D eigenvalue weighted by Gasteiger charge is 2.02. The van der Waals surface area contributed by atoms with Crippen molar-refractivity contribution < 1.29 is 0 Å². The van der Waals surface area contributed by atoms with Crippen LogP contribution in [-0.4, -0.2) is 9.97 Å². The zero-order valence-electron chi connectivity index (χ0n) is 8.14. The molecule has 0 fully saturated rings. The van der Waals surface area contributed by atoms with Crippen LogP contribution in [0.2, 0.25) is 5.15 Å². The van der Waals surface area contributed by atoms with Gasteiger partial charge < -0.3 is 0 Å². The topological polar surface area (TPSA) is 25.8 Å². The molecule has 0 amide bonds. The molecule has 0 aromatic carbocycles. The first-order chi connectivity index (χ1) is 7.25. The van der Waals surface area contributed by atoms with E-state index in [-0.39, 0.29) is 0 Å². The molecule has 76 valence electrons. The van der Waals surface area contributed by atoms with Crippen molar-refractivity contribution in [1.82, 2.24) is 9.97 Å². The third-order valence-electron chi connectivity index (χ3n) is 1.87. The molecule has 0 aliphatic rings. The van der Waals surface area contributed by atoms with Gasteiger partial charge in [0.2, 0.25) is 0 Å². The first-order valence-electron chi connectivity index (χ1n) is 4.47. The molecule has 0 spiro atoms. The van der Waals surface area contributed by atoms with Gasteiger partial charge in [-0.2, -0.15) is 0 Å². The summed E-state index contributed by atoms with van der Waals surface area (Å²) in [6, 6.07) is 7.72. The van der Waals surface area contributed by atoms with Gasteiger partial charge in [-0.25, -0.2) is 9.97 Å². The molecule has 15 heavy (non-hydrogen) atoms. The minimum Gasteiger partial charge on any atom is -0.249 e. The van der Waals surface area contributed by atoms with Gasteiger partial charge in [-0.1, -0.05) is 29.4 Å². The molecule has 0 aliphatic heterocycles. The van der Waals surface area contributed by atoms with Gasteiger partial charge in [-0.15, -0.1) is 0 Å². The highest BCUT2D eigenvalue weighted by atomic mass is 35.5. The van der Waals surface area contributed by atoms with Crippen LogP contribution < -0.4 is 0 Å². The van der Waals surface area contributed by atoms with Crippen molar-refractivity contribution in [3.8, 4) is 0 Å². The Morgan fingerprint density at radius 3 is 2.80 bits per heavy atom. The normalized spacial score (nSPS) is 10.3. The van der Waals surface area contributed by atoms with Gasteiger partial charge in [0.15, 0.2) is 0 Å². The molecule has 0 radical (unpaired) electrons. The van der Waals surface area contributed by atoms with Crippen LogP contribution >= 0.6 is 23.4 Å². The van der Waals surface area contributed by atoms with Gasteiger partial charge in [0.1, 0.15) is 10.2 Å². The maximum absolute atomic E-state index is 5.81. The fourth-order valence-corrected chi connectivity index (χ4v) is 2.24. The van der Waals surface area contributed by atoms with Crippen molar-refractivity contribution in [2.45, 2.75) is 16.8 Å². The van der Waals surface area contributed by atoms with Crippen molar-refractivity contribution in [3.05, 3.63) is 47.4 Å². The Balaban J connectivity index is 2.26. The largest absolute Gasteiger partial charge is 0.249 e. The second-order valence-corrected chi connectivity index (χ2v) is 4.49. The van der Waals surface area contributed by atoms with E-state index in [1.807, 2.05) is 31.2 Å². The van der Waals surface area contributed by atoms with Gasteiger partial charge in [-0.3, -0.25) is 0 Å². The maximum Gasteiger partial charge on any atom is 0.130 e. The van der Waals surface area contributed by atoms with E-state index < -0.39 is 0 Å². The lowest BCUT2D eigenvalue weighted by molar-refractivity contribution is 1.08. The van der Waals surface area contributed by atoms with Crippen LogP contribution in [0.1, 0.15) is 5.56 Å². The molecule has 0 aliphatic carbocycles. The molecule has 2 rings (SSSR count). The summed E-state index contributed by atoms with van der Waals surface area (Å²) >= 11 is 7.40. The number of rotatable bonds is 2. The third kappa shape index (κ3) is 2.70. The lowest BCUT2D eigenvalue weighted by atomic mass is 10.3. The Morgan fingerprint density at radius 1 is 1.20 bits per heavy atom. The Hall–Kier alpha value is -1.06. The van der Waals surface area contributed by atoms with E-state index in [9.17, 15) is 0 Å². The van der Waals surface area contributed by atoms with E-state index in [2.05, 4.69) is 9.97 Å². The average Bonchev–Trinajstić information content (AvgIpc) is 2.22. The molecule has 0 N–H and O–H groups in total. The molecule has 2 nitrogen and oxygen atoms in total. The van der Waals surface area contributed by atoms with E-state index in [1.54, 1.807) is 24.2 Å². The van der Waals surface area contributed by atoms with Crippen molar-refractivity contribution in [1.29, 1.82) is 0 Å². The molecule has 0 saturated heterocycles. The molecule has 4 heteroatoms. The van der Waals surface area contributed by atoms with E-state index >= 15 is 0 Å². The smallest absolute Gasteiger partial charge is 0.130 e. The molecular weight excluding hydrogens is 228 g/mol. The summed E-state index contributed by atoms with van der Waals surface area (Å²) in [5.74, 6) is 0. The molecule has 0 unspecified atom stereocenters. The third-order valence-corrected chi connectivity index (χ3v) is 3.19. The van der Waals surface area contributed by atoms with Crippen molar-refractivity contribution in [2.75, 3.05) is 0 Å². The number of nitrogens with zero attached hydrogens (tertiary/aromatic N) is 2. The zero-order valence-corrected chi connectivity index (χ0v) is 9.72. The Morgan fingerprint density at radius 2 is 2.07 bits per heavy atom. The number of hydrogen-bond acceptors (Lipinski definition) is 3. The number of aryl methyl sites for hydroxylation is 1. The fourth-order valence-electron chi connectivity index (χ4n) is 1.14. The highest BCUT2D eigenvalue weighted by Crippen LogP contribution is 2.28. The van der Waals surface area contributed by atoms with Crippen LogP contribution in [-0.2, 0) is 0 Å². The highest BCUT2D eigenvalue weighted by molar-refractivity contribution is 7.99. The standard InChI is InChI=1S/C11H9ClN2S/c1-8-3-2-5-14-11(8)15-9-4-6-13-10(12)7-9/h2-7H,1H3. The minimum atomic E-state index is 0.508. The van der Waals surface area contributed by atoms with Gasteiger partial charge in [0.05, 0.1) is 0 Å². The summed E-state index contributed by atoms with van der Waals surface area (Å²) in [7, 11) is 0. The van der Waals surface area contributed by atoms with Gasteiger partial charge in [0, 0.05) is 17.3 Å². The van der Waals surface area contributed by atoms with Crippen LogP contribution in [0.25, 0.3) is 0 Å². The lowest BCUT2D eigenvalue weighted by Gasteiger charge is -2.03.